The molecule has 2 N–H and O–H groups in total. The number of rotatable bonds is 12. The van der Waals surface area contributed by atoms with Crippen molar-refractivity contribution in [3.63, 3.8) is 0 Å². The molecule has 184 valence electrons. The fourth-order valence-corrected chi connectivity index (χ4v) is 4.77. The zero-order valence-corrected chi connectivity index (χ0v) is 20.9. The van der Waals surface area contributed by atoms with Crippen LogP contribution in [-0.2, 0) is 27.1 Å². The maximum absolute atomic E-state index is 11.7. The summed E-state index contributed by atoms with van der Waals surface area (Å²) >= 11 is 0. The van der Waals surface area contributed by atoms with Crippen LogP contribution in [0.1, 0.15) is 62.5 Å². The standard InChI is InChI=1S/C29H39NO4/c1-5-33-28(32)15-14-23-10-8-9-13-27(23)21(2)34-20-26(31)19-30-29(3,4)18-22-16-24-11-6-7-12-25(24)17-22/h6-15,21-22,26,30-31H,5,16-20H2,1-4H3/b15-14+/t21-,26-/m1/s1. The van der Waals surface area contributed by atoms with E-state index in [1.165, 1.54) is 17.2 Å². The topological polar surface area (TPSA) is 67.8 Å². The average Bonchev–Trinajstić information content (AvgIpc) is 3.22. The van der Waals surface area contributed by atoms with Crippen molar-refractivity contribution in [1.82, 2.24) is 5.32 Å². The Bertz CT molecular complexity index is 943. The molecule has 5 heteroatoms. The van der Waals surface area contributed by atoms with Gasteiger partial charge in [-0.1, -0.05) is 48.5 Å². The fraction of sp³-hybridized carbons (Fsp3) is 0.483. The molecule has 0 radical (unpaired) electrons. The number of benzene rings is 2. The summed E-state index contributed by atoms with van der Waals surface area (Å²) in [6.45, 7) is 9.21. The van der Waals surface area contributed by atoms with Crippen LogP contribution in [0.3, 0.4) is 0 Å². The van der Waals surface area contributed by atoms with Crippen LogP contribution in [-0.4, -0.2) is 42.5 Å². The molecule has 0 aliphatic heterocycles. The van der Waals surface area contributed by atoms with Gasteiger partial charge in [0.1, 0.15) is 0 Å². The van der Waals surface area contributed by atoms with E-state index in [4.69, 9.17) is 9.47 Å². The highest BCUT2D eigenvalue weighted by molar-refractivity contribution is 5.87. The van der Waals surface area contributed by atoms with Crippen LogP contribution >= 0.6 is 0 Å². The van der Waals surface area contributed by atoms with E-state index in [1.54, 1.807) is 13.0 Å². The first-order chi connectivity index (χ1) is 16.3. The van der Waals surface area contributed by atoms with Gasteiger partial charge in [0.2, 0.25) is 0 Å². The first kappa shape index (κ1) is 26.1. The molecule has 1 aliphatic rings. The van der Waals surface area contributed by atoms with Gasteiger partial charge >= 0.3 is 5.97 Å². The van der Waals surface area contributed by atoms with Gasteiger partial charge < -0.3 is 19.9 Å². The van der Waals surface area contributed by atoms with Crippen molar-refractivity contribution in [2.45, 2.75) is 64.7 Å². The van der Waals surface area contributed by atoms with Gasteiger partial charge in [-0.2, -0.15) is 0 Å². The van der Waals surface area contributed by atoms with Gasteiger partial charge in [0.05, 0.1) is 25.4 Å². The molecule has 0 aromatic heterocycles. The Kier molecular flexibility index (Phi) is 9.45. The largest absolute Gasteiger partial charge is 0.463 e. The molecule has 2 aromatic carbocycles. The molecule has 3 rings (SSSR count). The van der Waals surface area contributed by atoms with E-state index in [9.17, 15) is 9.90 Å². The van der Waals surface area contributed by atoms with Gasteiger partial charge in [-0.3, -0.25) is 0 Å². The van der Waals surface area contributed by atoms with Crippen LogP contribution in [0.5, 0.6) is 0 Å². The van der Waals surface area contributed by atoms with E-state index in [0.29, 0.717) is 19.1 Å². The van der Waals surface area contributed by atoms with Gasteiger partial charge in [0, 0.05) is 18.2 Å². The molecular weight excluding hydrogens is 426 g/mol. The molecule has 34 heavy (non-hydrogen) atoms. The number of esters is 1. The zero-order chi connectivity index (χ0) is 24.6. The van der Waals surface area contributed by atoms with Crippen molar-refractivity contribution >= 4 is 12.0 Å². The quantitative estimate of drug-likeness (QED) is 0.346. The van der Waals surface area contributed by atoms with Crippen LogP contribution in [0.25, 0.3) is 6.08 Å². The number of aliphatic hydroxyl groups excluding tert-OH is 1. The monoisotopic (exact) mass is 465 g/mol. The second-order valence-electron chi connectivity index (χ2n) is 9.86. The van der Waals surface area contributed by atoms with E-state index in [1.807, 2.05) is 31.2 Å². The van der Waals surface area contributed by atoms with Crippen molar-refractivity contribution in [3.8, 4) is 0 Å². The Morgan fingerprint density at radius 2 is 1.79 bits per heavy atom. The van der Waals surface area contributed by atoms with Crippen molar-refractivity contribution in [3.05, 3.63) is 76.9 Å². The third kappa shape index (κ3) is 7.79. The van der Waals surface area contributed by atoms with Crippen molar-refractivity contribution in [2.75, 3.05) is 19.8 Å². The molecule has 0 fully saturated rings. The minimum Gasteiger partial charge on any atom is -0.463 e. The number of carbonyl (C=O) groups excluding carboxylic acids is 1. The highest BCUT2D eigenvalue weighted by Gasteiger charge is 2.28. The van der Waals surface area contributed by atoms with E-state index in [2.05, 4.69) is 43.4 Å². The van der Waals surface area contributed by atoms with Crippen LogP contribution in [0, 0.1) is 5.92 Å². The number of hydrogen-bond acceptors (Lipinski definition) is 5. The molecule has 0 spiro atoms. The Labute approximate surface area is 204 Å². The smallest absolute Gasteiger partial charge is 0.330 e. The van der Waals surface area contributed by atoms with Crippen LogP contribution in [0.4, 0.5) is 0 Å². The van der Waals surface area contributed by atoms with Crippen molar-refractivity contribution in [1.29, 1.82) is 0 Å². The summed E-state index contributed by atoms with van der Waals surface area (Å²) in [5.74, 6) is 0.268. The summed E-state index contributed by atoms with van der Waals surface area (Å²) in [6.07, 6.45) is 5.68. The zero-order valence-electron chi connectivity index (χ0n) is 20.9. The number of aliphatic hydroxyl groups is 1. The Hall–Kier alpha value is -2.47. The SMILES string of the molecule is CCOC(=O)/C=C/c1ccccc1[C@@H](C)OC[C@H](O)CNC(C)(C)CC1Cc2ccccc2C1. The summed E-state index contributed by atoms with van der Waals surface area (Å²) in [6, 6.07) is 16.5. The van der Waals surface area contributed by atoms with Crippen LogP contribution in [0.2, 0.25) is 0 Å². The van der Waals surface area contributed by atoms with Gasteiger partial charge in [-0.05, 0) is 81.2 Å². The second-order valence-corrected chi connectivity index (χ2v) is 9.86. The van der Waals surface area contributed by atoms with Gasteiger partial charge in [0.15, 0.2) is 0 Å². The molecule has 0 heterocycles. The minimum atomic E-state index is -0.607. The second kappa shape index (κ2) is 12.3. The van der Waals surface area contributed by atoms with Crippen molar-refractivity contribution in [2.24, 2.45) is 5.92 Å². The van der Waals surface area contributed by atoms with Crippen LogP contribution < -0.4 is 5.32 Å². The third-order valence-corrected chi connectivity index (χ3v) is 6.41. The number of hydrogen-bond donors (Lipinski definition) is 2. The predicted molar refractivity (Wildman–Crippen MR) is 137 cm³/mol. The van der Waals surface area contributed by atoms with E-state index >= 15 is 0 Å². The normalized spacial score (nSPS) is 15.9. The highest BCUT2D eigenvalue weighted by Crippen LogP contribution is 2.32. The summed E-state index contributed by atoms with van der Waals surface area (Å²) in [7, 11) is 0. The molecule has 0 amide bonds. The molecule has 0 saturated heterocycles. The Morgan fingerprint density at radius 1 is 1.15 bits per heavy atom. The molecule has 0 unspecified atom stereocenters. The highest BCUT2D eigenvalue weighted by atomic mass is 16.5. The van der Waals surface area contributed by atoms with Gasteiger partial charge in [0.25, 0.3) is 0 Å². The fourth-order valence-electron chi connectivity index (χ4n) is 4.77. The first-order valence-electron chi connectivity index (χ1n) is 12.3. The number of carbonyl (C=O) groups is 1. The van der Waals surface area contributed by atoms with Gasteiger partial charge in [-0.25, -0.2) is 4.79 Å². The summed E-state index contributed by atoms with van der Waals surface area (Å²) < 4.78 is 10.9. The lowest BCUT2D eigenvalue weighted by molar-refractivity contribution is -0.137. The first-order valence-corrected chi connectivity index (χ1v) is 12.3. The number of nitrogens with one attached hydrogen (secondary N) is 1. The lowest BCUT2D eigenvalue weighted by Gasteiger charge is -2.31. The molecule has 0 saturated carbocycles. The number of ether oxygens (including phenoxy) is 2. The third-order valence-electron chi connectivity index (χ3n) is 6.41. The maximum atomic E-state index is 11.7. The Morgan fingerprint density at radius 3 is 2.47 bits per heavy atom. The predicted octanol–water partition coefficient (Wildman–Crippen LogP) is 4.87. The number of fused-ring (bicyclic) bond motifs is 1. The van der Waals surface area contributed by atoms with E-state index in [-0.39, 0.29) is 24.2 Å². The lowest BCUT2D eigenvalue weighted by Crippen LogP contribution is -2.45. The van der Waals surface area contributed by atoms with E-state index < -0.39 is 6.10 Å². The van der Waals surface area contributed by atoms with E-state index in [0.717, 1.165) is 30.4 Å². The molecule has 0 bridgehead atoms. The minimum absolute atomic E-state index is 0.0657. The molecular formula is C29H39NO4. The average molecular weight is 466 g/mol. The Balaban J connectivity index is 1.45. The molecule has 1 aliphatic carbocycles. The van der Waals surface area contributed by atoms with Gasteiger partial charge in [-0.15, -0.1) is 0 Å². The van der Waals surface area contributed by atoms with Crippen molar-refractivity contribution < 1.29 is 19.4 Å². The number of β-amino-alcohol motifs (C(OH)–C–C–N with tert-alkyl or cyclic N) is 1. The summed E-state index contributed by atoms with van der Waals surface area (Å²) in [5, 5.41) is 14.1. The molecule has 2 aromatic rings. The molecule has 5 nitrogen and oxygen atoms in total. The molecule has 2 atom stereocenters. The summed E-state index contributed by atoms with van der Waals surface area (Å²) in [5.41, 5.74) is 4.74. The maximum Gasteiger partial charge on any atom is 0.330 e. The lowest BCUT2D eigenvalue weighted by atomic mass is 9.88. The van der Waals surface area contributed by atoms with Crippen LogP contribution in [0.15, 0.2) is 54.6 Å². The summed E-state index contributed by atoms with van der Waals surface area (Å²) in [4.78, 5) is 11.7.